The van der Waals surface area contributed by atoms with Crippen molar-refractivity contribution in [1.82, 2.24) is 4.72 Å². The lowest BCUT2D eigenvalue weighted by Gasteiger charge is -2.09. The molecular formula is C8H17NO4S2. The molecule has 1 unspecified atom stereocenters. The van der Waals surface area contributed by atoms with Crippen LogP contribution in [0.15, 0.2) is 0 Å². The summed E-state index contributed by atoms with van der Waals surface area (Å²) in [6, 6.07) is 0. The number of carboxylic acid groups (broad SMARTS) is 1. The molecule has 0 saturated carbocycles. The largest absolute Gasteiger partial charge is 0.481 e. The van der Waals surface area contributed by atoms with Gasteiger partial charge in [0.15, 0.2) is 0 Å². The van der Waals surface area contributed by atoms with Crippen molar-refractivity contribution in [1.29, 1.82) is 0 Å². The van der Waals surface area contributed by atoms with E-state index in [0.29, 0.717) is 6.54 Å². The molecule has 0 aliphatic rings. The lowest BCUT2D eigenvalue weighted by atomic mass is 10.3. The van der Waals surface area contributed by atoms with Gasteiger partial charge >= 0.3 is 5.97 Å². The highest BCUT2D eigenvalue weighted by Crippen LogP contribution is 2.03. The molecule has 0 heterocycles. The third-order valence-corrected chi connectivity index (χ3v) is 4.20. The third-order valence-electron chi connectivity index (χ3n) is 1.80. The second-order valence-corrected chi connectivity index (χ2v) is 6.41. The fourth-order valence-corrected chi connectivity index (χ4v) is 2.34. The van der Waals surface area contributed by atoms with Crippen LogP contribution < -0.4 is 4.72 Å². The number of carbonyl (C=O) groups is 1. The summed E-state index contributed by atoms with van der Waals surface area (Å²) >= 11 is 1.57. The van der Waals surface area contributed by atoms with Gasteiger partial charge < -0.3 is 5.11 Å². The molecule has 0 aromatic carbocycles. The molecule has 0 saturated heterocycles. The molecule has 0 aliphatic heterocycles. The standard InChI is InChI=1S/C8H17NO4S2/c1-7(14-2)6-9-15(12,13)5-3-4-8(10)11/h7,9H,3-6H2,1-2H3,(H,10,11). The highest BCUT2D eigenvalue weighted by atomic mass is 32.2. The van der Waals surface area contributed by atoms with Crippen LogP contribution in [-0.4, -0.2) is 43.3 Å². The van der Waals surface area contributed by atoms with Gasteiger partial charge in [-0.25, -0.2) is 13.1 Å². The normalized spacial score (nSPS) is 13.7. The second kappa shape index (κ2) is 7.08. The molecule has 5 nitrogen and oxygen atoms in total. The SMILES string of the molecule is CSC(C)CNS(=O)(=O)CCCC(=O)O. The number of thioether (sulfide) groups is 1. The molecule has 0 bridgehead atoms. The summed E-state index contributed by atoms with van der Waals surface area (Å²) in [5.74, 6) is -1.09. The second-order valence-electron chi connectivity index (χ2n) is 3.21. The molecule has 90 valence electrons. The van der Waals surface area contributed by atoms with Gasteiger partial charge in [0.25, 0.3) is 0 Å². The van der Waals surface area contributed by atoms with E-state index in [2.05, 4.69) is 4.72 Å². The van der Waals surface area contributed by atoms with E-state index in [0.717, 1.165) is 0 Å². The Labute approximate surface area is 94.7 Å². The fourth-order valence-electron chi connectivity index (χ4n) is 0.813. The van der Waals surface area contributed by atoms with Crippen LogP contribution >= 0.6 is 11.8 Å². The van der Waals surface area contributed by atoms with Gasteiger partial charge in [0.2, 0.25) is 10.0 Å². The van der Waals surface area contributed by atoms with E-state index >= 15 is 0 Å². The molecular weight excluding hydrogens is 238 g/mol. The number of hydrogen-bond donors (Lipinski definition) is 2. The number of hydrogen-bond acceptors (Lipinski definition) is 4. The van der Waals surface area contributed by atoms with Crippen molar-refractivity contribution >= 4 is 27.8 Å². The van der Waals surface area contributed by atoms with E-state index < -0.39 is 16.0 Å². The summed E-state index contributed by atoms with van der Waals surface area (Å²) in [5.41, 5.74) is 0. The maximum Gasteiger partial charge on any atom is 0.303 e. The highest BCUT2D eigenvalue weighted by molar-refractivity contribution is 7.99. The van der Waals surface area contributed by atoms with Gasteiger partial charge in [-0.15, -0.1) is 0 Å². The Morgan fingerprint density at radius 1 is 1.53 bits per heavy atom. The molecule has 0 spiro atoms. The van der Waals surface area contributed by atoms with E-state index in [1.54, 1.807) is 11.8 Å². The fraction of sp³-hybridized carbons (Fsp3) is 0.875. The van der Waals surface area contributed by atoms with Gasteiger partial charge in [-0.05, 0) is 12.7 Å². The first-order chi connectivity index (χ1) is 6.87. The summed E-state index contributed by atoms with van der Waals surface area (Å²) in [6.07, 6.45) is 1.95. The predicted molar refractivity (Wildman–Crippen MR) is 61.6 cm³/mol. The number of carboxylic acids is 1. The highest BCUT2D eigenvalue weighted by Gasteiger charge is 2.12. The van der Waals surface area contributed by atoms with E-state index in [9.17, 15) is 13.2 Å². The van der Waals surface area contributed by atoms with Crippen LogP contribution in [-0.2, 0) is 14.8 Å². The molecule has 7 heteroatoms. The Bertz CT molecular complexity index is 289. The van der Waals surface area contributed by atoms with E-state index in [1.165, 1.54) is 0 Å². The smallest absolute Gasteiger partial charge is 0.303 e. The monoisotopic (exact) mass is 255 g/mol. The maximum atomic E-state index is 11.3. The van der Waals surface area contributed by atoms with Crippen LogP contribution in [0.3, 0.4) is 0 Å². The van der Waals surface area contributed by atoms with Crippen molar-refractivity contribution < 1.29 is 18.3 Å². The number of aliphatic carboxylic acids is 1. The van der Waals surface area contributed by atoms with Gasteiger partial charge in [-0.3, -0.25) is 4.79 Å². The van der Waals surface area contributed by atoms with Crippen LogP contribution in [0.5, 0.6) is 0 Å². The minimum Gasteiger partial charge on any atom is -0.481 e. The average Bonchev–Trinajstić information content (AvgIpc) is 2.13. The molecule has 0 amide bonds. The summed E-state index contributed by atoms with van der Waals surface area (Å²) in [5, 5.41) is 8.57. The molecule has 0 aromatic rings. The third kappa shape index (κ3) is 8.71. The van der Waals surface area contributed by atoms with Gasteiger partial charge in [-0.2, -0.15) is 11.8 Å². The molecule has 0 fully saturated rings. The minimum absolute atomic E-state index is 0.112. The first-order valence-corrected chi connectivity index (χ1v) is 7.53. The van der Waals surface area contributed by atoms with E-state index in [1.807, 2.05) is 13.2 Å². The average molecular weight is 255 g/mol. The Morgan fingerprint density at radius 2 is 2.13 bits per heavy atom. The zero-order valence-electron chi connectivity index (χ0n) is 8.89. The van der Waals surface area contributed by atoms with Gasteiger partial charge in [0.05, 0.1) is 5.75 Å². The lowest BCUT2D eigenvalue weighted by Crippen LogP contribution is -2.31. The van der Waals surface area contributed by atoms with Crippen molar-refractivity contribution in [2.75, 3.05) is 18.6 Å². The summed E-state index contributed by atoms with van der Waals surface area (Å²) in [4.78, 5) is 10.2. The van der Waals surface area contributed by atoms with Gasteiger partial charge in [0, 0.05) is 18.2 Å². The van der Waals surface area contributed by atoms with Gasteiger partial charge in [-0.1, -0.05) is 6.92 Å². The van der Waals surface area contributed by atoms with Crippen molar-refractivity contribution in [3.63, 3.8) is 0 Å². The van der Waals surface area contributed by atoms with Crippen molar-refractivity contribution in [3.05, 3.63) is 0 Å². The Morgan fingerprint density at radius 3 is 2.60 bits per heavy atom. The van der Waals surface area contributed by atoms with Crippen LogP contribution in [0, 0.1) is 0 Å². The number of rotatable bonds is 8. The van der Waals surface area contributed by atoms with Crippen molar-refractivity contribution in [2.24, 2.45) is 0 Å². The maximum absolute atomic E-state index is 11.3. The first-order valence-electron chi connectivity index (χ1n) is 4.59. The van der Waals surface area contributed by atoms with Crippen LogP contribution in [0.1, 0.15) is 19.8 Å². The number of nitrogens with one attached hydrogen (secondary N) is 1. The Hall–Kier alpha value is -0.270. The van der Waals surface area contributed by atoms with E-state index in [4.69, 9.17) is 5.11 Å². The Kier molecular flexibility index (Phi) is 6.95. The number of sulfonamides is 1. The van der Waals surface area contributed by atoms with Gasteiger partial charge in [0.1, 0.15) is 0 Å². The first kappa shape index (κ1) is 14.7. The summed E-state index contributed by atoms with van der Waals surface area (Å²) in [7, 11) is -3.31. The minimum atomic E-state index is -3.31. The van der Waals surface area contributed by atoms with Crippen LogP contribution in [0.25, 0.3) is 0 Å². The van der Waals surface area contributed by atoms with Crippen LogP contribution in [0.4, 0.5) is 0 Å². The molecule has 15 heavy (non-hydrogen) atoms. The molecule has 0 aliphatic carbocycles. The molecule has 0 rings (SSSR count). The molecule has 2 N–H and O–H groups in total. The van der Waals surface area contributed by atoms with Crippen molar-refractivity contribution in [2.45, 2.75) is 25.0 Å². The zero-order valence-corrected chi connectivity index (χ0v) is 10.5. The van der Waals surface area contributed by atoms with Crippen LogP contribution in [0.2, 0.25) is 0 Å². The van der Waals surface area contributed by atoms with Crippen molar-refractivity contribution in [3.8, 4) is 0 Å². The Balaban J connectivity index is 3.82. The predicted octanol–water partition coefficient (Wildman–Crippen LogP) is 0.522. The topological polar surface area (TPSA) is 83.5 Å². The quantitative estimate of drug-likeness (QED) is 0.660. The summed E-state index contributed by atoms with van der Waals surface area (Å²) in [6.45, 7) is 2.31. The molecule has 1 atom stereocenters. The lowest BCUT2D eigenvalue weighted by molar-refractivity contribution is -0.137. The van der Waals surface area contributed by atoms with E-state index in [-0.39, 0.29) is 23.8 Å². The summed E-state index contributed by atoms with van der Waals surface area (Å²) < 4.78 is 25.1. The zero-order chi connectivity index (χ0) is 11.9. The molecule has 0 aromatic heterocycles. The molecule has 0 radical (unpaired) electrons.